The predicted molar refractivity (Wildman–Crippen MR) is 74.6 cm³/mol. The van der Waals surface area contributed by atoms with Crippen LogP contribution in [0.2, 0.25) is 0 Å². The van der Waals surface area contributed by atoms with Gasteiger partial charge in [0.25, 0.3) is 0 Å². The number of ether oxygens (including phenoxy) is 1. The minimum absolute atomic E-state index is 0.217. The second-order valence-electron chi connectivity index (χ2n) is 3.73. The number of hydrogen-bond donors (Lipinski definition) is 1. The van der Waals surface area contributed by atoms with Gasteiger partial charge in [0.1, 0.15) is 4.99 Å². The first kappa shape index (κ1) is 14.4. The highest BCUT2D eigenvalue weighted by Gasteiger charge is 2.11. The van der Waals surface area contributed by atoms with E-state index >= 15 is 0 Å². The fourth-order valence-electron chi connectivity index (χ4n) is 1.51. The lowest BCUT2D eigenvalue weighted by molar-refractivity contribution is -0.142. The zero-order chi connectivity index (χ0) is 13.5. The summed E-state index contributed by atoms with van der Waals surface area (Å²) in [4.78, 5) is 17.5. The molecule has 2 N–H and O–H groups in total. The number of carbonyl (C=O) groups is 1. The van der Waals surface area contributed by atoms with E-state index in [4.69, 9.17) is 22.7 Å². The smallest absolute Gasteiger partial charge is 0.307 e. The van der Waals surface area contributed by atoms with Gasteiger partial charge in [-0.15, -0.1) is 0 Å². The molecule has 0 aliphatic rings. The molecular formula is C12H17N3O2S. The molecule has 5 nitrogen and oxygen atoms in total. The SMILES string of the molecule is CCOC(=O)CCN(C)c1cnccc1C(N)=S. The molecule has 0 aliphatic carbocycles. The third-order valence-corrected chi connectivity index (χ3v) is 2.65. The predicted octanol–water partition coefficient (Wildman–Crippen LogP) is 1.11. The highest BCUT2D eigenvalue weighted by molar-refractivity contribution is 7.80. The Morgan fingerprint density at radius 1 is 1.61 bits per heavy atom. The lowest BCUT2D eigenvalue weighted by Gasteiger charge is -2.21. The van der Waals surface area contributed by atoms with Crippen LogP contribution in [0, 0.1) is 0 Å². The van der Waals surface area contributed by atoms with Crippen molar-refractivity contribution in [3.63, 3.8) is 0 Å². The Balaban J connectivity index is 2.69. The molecule has 0 atom stereocenters. The lowest BCUT2D eigenvalue weighted by Crippen LogP contribution is -2.25. The van der Waals surface area contributed by atoms with Crippen LogP contribution in [0.1, 0.15) is 18.9 Å². The summed E-state index contributed by atoms with van der Waals surface area (Å²) in [5.74, 6) is -0.217. The van der Waals surface area contributed by atoms with Crippen LogP contribution in [0.3, 0.4) is 0 Å². The van der Waals surface area contributed by atoms with E-state index in [1.165, 1.54) is 0 Å². The van der Waals surface area contributed by atoms with Crippen LogP contribution in [-0.4, -0.2) is 36.1 Å². The average Bonchev–Trinajstić information content (AvgIpc) is 2.36. The molecule has 0 bridgehead atoms. The quantitative estimate of drug-likeness (QED) is 0.615. The monoisotopic (exact) mass is 267 g/mol. The van der Waals surface area contributed by atoms with Crippen molar-refractivity contribution in [2.24, 2.45) is 5.73 Å². The Bertz CT molecular complexity index is 437. The summed E-state index contributed by atoms with van der Waals surface area (Å²) in [5, 5.41) is 0. The Labute approximate surface area is 112 Å². The van der Waals surface area contributed by atoms with Crippen LogP contribution >= 0.6 is 12.2 Å². The first-order valence-electron chi connectivity index (χ1n) is 5.66. The molecule has 1 rings (SSSR count). The Hall–Kier alpha value is -1.69. The summed E-state index contributed by atoms with van der Waals surface area (Å²) >= 11 is 4.98. The van der Waals surface area contributed by atoms with Gasteiger partial charge in [0.05, 0.1) is 24.9 Å². The molecule has 18 heavy (non-hydrogen) atoms. The van der Waals surface area contributed by atoms with Crippen LogP contribution < -0.4 is 10.6 Å². The van der Waals surface area contributed by atoms with E-state index in [1.54, 1.807) is 25.4 Å². The van der Waals surface area contributed by atoms with Crippen LogP contribution in [-0.2, 0) is 9.53 Å². The number of carbonyl (C=O) groups excluding carboxylic acids is 1. The maximum absolute atomic E-state index is 11.3. The van der Waals surface area contributed by atoms with Gasteiger partial charge in [-0.1, -0.05) is 12.2 Å². The molecule has 0 unspecified atom stereocenters. The first-order valence-corrected chi connectivity index (χ1v) is 6.07. The lowest BCUT2D eigenvalue weighted by atomic mass is 10.2. The number of nitrogens with zero attached hydrogens (tertiary/aromatic N) is 2. The summed E-state index contributed by atoms with van der Waals surface area (Å²) in [5.41, 5.74) is 7.21. The number of thiocarbonyl (C=S) groups is 1. The van der Waals surface area contributed by atoms with Gasteiger partial charge < -0.3 is 15.4 Å². The highest BCUT2D eigenvalue weighted by Crippen LogP contribution is 2.17. The van der Waals surface area contributed by atoms with Gasteiger partial charge in [-0.05, 0) is 13.0 Å². The highest BCUT2D eigenvalue weighted by atomic mass is 32.1. The molecule has 1 aromatic heterocycles. The molecule has 0 aromatic carbocycles. The summed E-state index contributed by atoms with van der Waals surface area (Å²) in [6, 6.07) is 1.76. The minimum atomic E-state index is -0.217. The molecule has 98 valence electrons. The fourth-order valence-corrected chi connectivity index (χ4v) is 1.68. The van der Waals surface area contributed by atoms with Gasteiger partial charge in [0.15, 0.2) is 0 Å². The van der Waals surface area contributed by atoms with Gasteiger partial charge in [0, 0.05) is 25.4 Å². The number of nitrogens with two attached hydrogens (primary N) is 1. The Morgan fingerprint density at radius 3 is 2.94 bits per heavy atom. The normalized spacial score (nSPS) is 9.89. The third-order valence-electron chi connectivity index (χ3n) is 2.43. The number of anilines is 1. The van der Waals surface area contributed by atoms with Crippen molar-refractivity contribution < 1.29 is 9.53 Å². The van der Waals surface area contributed by atoms with Gasteiger partial charge in [-0.3, -0.25) is 9.78 Å². The standard InChI is InChI=1S/C12H17N3O2S/c1-3-17-11(16)5-7-15(2)10-8-14-6-4-9(10)12(13)18/h4,6,8H,3,5,7H2,1-2H3,(H2,13,18). The molecule has 0 radical (unpaired) electrons. The van der Waals surface area contributed by atoms with Gasteiger partial charge in [-0.2, -0.15) is 0 Å². The minimum Gasteiger partial charge on any atom is -0.466 e. The summed E-state index contributed by atoms with van der Waals surface area (Å²) in [7, 11) is 1.86. The summed E-state index contributed by atoms with van der Waals surface area (Å²) in [6.07, 6.45) is 3.63. The molecular weight excluding hydrogens is 250 g/mol. The van der Waals surface area contributed by atoms with Crippen molar-refractivity contribution in [3.05, 3.63) is 24.0 Å². The van der Waals surface area contributed by atoms with Gasteiger partial charge in [0.2, 0.25) is 0 Å². The molecule has 0 spiro atoms. The number of rotatable bonds is 6. The summed E-state index contributed by atoms with van der Waals surface area (Å²) < 4.78 is 4.87. The second kappa shape index (κ2) is 6.90. The molecule has 0 saturated carbocycles. The largest absolute Gasteiger partial charge is 0.466 e. The van der Waals surface area contributed by atoms with Crippen LogP contribution in [0.25, 0.3) is 0 Å². The van der Waals surface area contributed by atoms with E-state index in [0.29, 0.717) is 24.6 Å². The van der Waals surface area contributed by atoms with Crippen molar-refractivity contribution in [1.29, 1.82) is 0 Å². The number of pyridine rings is 1. The van der Waals surface area contributed by atoms with Gasteiger partial charge >= 0.3 is 5.97 Å². The molecule has 0 aliphatic heterocycles. The van der Waals surface area contributed by atoms with Crippen LogP contribution in [0.4, 0.5) is 5.69 Å². The third kappa shape index (κ3) is 3.96. The summed E-state index contributed by atoms with van der Waals surface area (Å²) in [6.45, 7) is 2.71. The van der Waals surface area contributed by atoms with Crippen molar-refractivity contribution >= 4 is 28.9 Å². The van der Waals surface area contributed by atoms with E-state index < -0.39 is 0 Å². The Kier molecular flexibility index (Phi) is 5.51. The maximum atomic E-state index is 11.3. The zero-order valence-electron chi connectivity index (χ0n) is 10.5. The molecule has 0 fully saturated rings. The van der Waals surface area contributed by atoms with Crippen molar-refractivity contribution in [1.82, 2.24) is 4.98 Å². The molecule has 0 amide bonds. The van der Waals surface area contributed by atoms with Crippen LogP contribution in [0.15, 0.2) is 18.5 Å². The molecule has 1 aromatic rings. The molecule has 0 saturated heterocycles. The van der Waals surface area contributed by atoms with E-state index in [0.717, 1.165) is 11.3 Å². The van der Waals surface area contributed by atoms with E-state index in [1.807, 2.05) is 11.9 Å². The second-order valence-corrected chi connectivity index (χ2v) is 4.17. The fraction of sp³-hybridized carbons (Fsp3) is 0.417. The van der Waals surface area contributed by atoms with Gasteiger partial charge in [-0.25, -0.2) is 0 Å². The Morgan fingerprint density at radius 2 is 2.33 bits per heavy atom. The van der Waals surface area contributed by atoms with Crippen molar-refractivity contribution in [2.45, 2.75) is 13.3 Å². The number of aromatic nitrogens is 1. The first-order chi connectivity index (χ1) is 8.56. The van der Waals surface area contributed by atoms with E-state index in [2.05, 4.69) is 4.98 Å². The van der Waals surface area contributed by atoms with E-state index in [-0.39, 0.29) is 5.97 Å². The topological polar surface area (TPSA) is 68.5 Å². The molecule has 6 heteroatoms. The van der Waals surface area contributed by atoms with Crippen molar-refractivity contribution in [3.8, 4) is 0 Å². The van der Waals surface area contributed by atoms with E-state index in [9.17, 15) is 4.79 Å². The van der Waals surface area contributed by atoms with Crippen molar-refractivity contribution in [2.75, 3.05) is 25.1 Å². The van der Waals surface area contributed by atoms with Crippen LogP contribution in [0.5, 0.6) is 0 Å². The average molecular weight is 267 g/mol. The number of esters is 1. The zero-order valence-corrected chi connectivity index (χ0v) is 11.4. The number of hydrogen-bond acceptors (Lipinski definition) is 5. The maximum Gasteiger partial charge on any atom is 0.307 e. The molecule has 1 heterocycles.